The number of hydrogen-bond donors (Lipinski definition) is 0. The van der Waals surface area contributed by atoms with Crippen LogP contribution in [-0.4, -0.2) is 51.5 Å². The van der Waals surface area contributed by atoms with Gasteiger partial charge in [0, 0.05) is 33.7 Å². The fourth-order valence-electron chi connectivity index (χ4n) is 3.75. The van der Waals surface area contributed by atoms with Gasteiger partial charge in [-0.15, -0.1) is 0 Å². The van der Waals surface area contributed by atoms with Crippen LogP contribution in [0.5, 0.6) is 0 Å². The molecule has 7 nitrogen and oxygen atoms in total. The highest BCUT2D eigenvalue weighted by Gasteiger charge is 2.28. The second-order valence-electron chi connectivity index (χ2n) is 7.10. The van der Waals surface area contributed by atoms with Crippen LogP contribution in [0.15, 0.2) is 35.1 Å². The number of rotatable bonds is 6. The van der Waals surface area contributed by atoms with E-state index in [0.29, 0.717) is 12.3 Å². The first-order chi connectivity index (χ1) is 13.0. The standard InChI is InChI=1S/C20H28N4O3/c1-4-17(27-3)19(25)23-12-10-15(11-13-23)14-18-21-22(2)20(26)24(18)16-8-6-5-7-9-16/h5-9,15,17H,4,10-14H2,1-3H3/t17-/m1/s1. The van der Waals surface area contributed by atoms with Crippen molar-refractivity contribution in [2.24, 2.45) is 13.0 Å². The third-order valence-electron chi connectivity index (χ3n) is 5.33. The van der Waals surface area contributed by atoms with Gasteiger partial charge in [0.15, 0.2) is 0 Å². The van der Waals surface area contributed by atoms with E-state index in [0.717, 1.165) is 43.9 Å². The van der Waals surface area contributed by atoms with Crippen LogP contribution >= 0.6 is 0 Å². The molecule has 1 aliphatic heterocycles. The van der Waals surface area contributed by atoms with Gasteiger partial charge >= 0.3 is 5.69 Å². The number of hydrogen-bond acceptors (Lipinski definition) is 4. The average molecular weight is 372 g/mol. The van der Waals surface area contributed by atoms with Crippen molar-refractivity contribution < 1.29 is 9.53 Å². The predicted molar refractivity (Wildman–Crippen MR) is 103 cm³/mol. The van der Waals surface area contributed by atoms with Crippen molar-refractivity contribution in [1.29, 1.82) is 0 Å². The Labute approximate surface area is 159 Å². The predicted octanol–water partition coefficient (Wildman–Crippen LogP) is 1.78. The van der Waals surface area contributed by atoms with Gasteiger partial charge in [0.2, 0.25) is 0 Å². The van der Waals surface area contributed by atoms with Crippen LogP contribution in [0.4, 0.5) is 0 Å². The Kier molecular flexibility index (Phi) is 6.11. The normalized spacial score (nSPS) is 16.5. The number of likely N-dealkylation sites (tertiary alicyclic amines) is 1. The van der Waals surface area contributed by atoms with E-state index in [1.54, 1.807) is 18.7 Å². The van der Waals surface area contributed by atoms with Gasteiger partial charge in [0.05, 0.1) is 5.69 Å². The molecule has 0 aliphatic carbocycles. The third kappa shape index (κ3) is 4.13. The molecule has 1 aliphatic rings. The number of benzene rings is 1. The molecular weight excluding hydrogens is 344 g/mol. The van der Waals surface area contributed by atoms with Gasteiger partial charge in [0.25, 0.3) is 5.91 Å². The summed E-state index contributed by atoms with van der Waals surface area (Å²) >= 11 is 0. The molecule has 7 heteroatoms. The van der Waals surface area contributed by atoms with E-state index < -0.39 is 0 Å². The van der Waals surface area contributed by atoms with Gasteiger partial charge in [-0.3, -0.25) is 4.79 Å². The summed E-state index contributed by atoms with van der Waals surface area (Å²) in [7, 11) is 3.27. The number of aromatic nitrogens is 3. The lowest BCUT2D eigenvalue weighted by atomic mass is 9.93. The maximum atomic E-state index is 12.5. The minimum absolute atomic E-state index is 0.0810. The van der Waals surface area contributed by atoms with E-state index in [4.69, 9.17) is 4.74 Å². The number of nitrogens with zero attached hydrogens (tertiary/aromatic N) is 4. The summed E-state index contributed by atoms with van der Waals surface area (Å²) < 4.78 is 8.36. The molecule has 2 heterocycles. The van der Waals surface area contributed by atoms with Crippen LogP contribution in [0, 0.1) is 5.92 Å². The van der Waals surface area contributed by atoms with Gasteiger partial charge in [-0.2, -0.15) is 5.10 Å². The van der Waals surface area contributed by atoms with Crippen molar-refractivity contribution in [2.75, 3.05) is 20.2 Å². The Morgan fingerprint density at radius 3 is 2.52 bits per heavy atom. The van der Waals surface area contributed by atoms with Gasteiger partial charge in [-0.05, 0) is 37.3 Å². The molecule has 1 aromatic carbocycles. The zero-order chi connectivity index (χ0) is 19.4. The van der Waals surface area contributed by atoms with E-state index in [2.05, 4.69) is 5.10 Å². The van der Waals surface area contributed by atoms with Crippen LogP contribution in [0.2, 0.25) is 0 Å². The third-order valence-corrected chi connectivity index (χ3v) is 5.33. The summed E-state index contributed by atoms with van der Waals surface area (Å²) in [4.78, 5) is 26.9. The lowest BCUT2D eigenvalue weighted by Gasteiger charge is -2.33. The number of methoxy groups -OCH3 is 1. The fourth-order valence-corrected chi connectivity index (χ4v) is 3.75. The van der Waals surface area contributed by atoms with Gasteiger partial charge < -0.3 is 9.64 Å². The number of piperidine rings is 1. The lowest BCUT2D eigenvalue weighted by molar-refractivity contribution is -0.143. The number of amides is 1. The van der Waals surface area contributed by atoms with Crippen LogP contribution in [0.1, 0.15) is 32.0 Å². The first kappa shape index (κ1) is 19.4. The van der Waals surface area contributed by atoms with E-state index in [-0.39, 0.29) is 17.7 Å². The Balaban J connectivity index is 1.69. The number of ether oxygens (including phenoxy) is 1. The monoisotopic (exact) mass is 372 g/mol. The molecule has 146 valence electrons. The minimum Gasteiger partial charge on any atom is -0.372 e. The fraction of sp³-hybridized carbons (Fsp3) is 0.550. The second kappa shape index (κ2) is 8.52. The first-order valence-corrected chi connectivity index (χ1v) is 9.57. The summed E-state index contributed by atoms with van der Waals surface area (Å²) in [5.41, 5.74) is 0.707. The van der Waals surface area contributed by atoms with Crippen molar-refractivity contribution in [3.05, 3.63) is 46.6 Å². The van der Waals surface area contributed by atoms with Gasteiger partial charge in [-0.1, -0.05) is 25.1 Å². The quantitative estimate of drug-likeness (QED) is 0.775. The molecule has 0 N–H and O–H groups in total. The highest BCUT2D eigenvalue weighted by molar-refractivity contribution is 5.80. The largest absolute Gasteiger partial charge is 0.372 e. The maximum absolute atomic E-state index is 12.5. The summed E-state index contributed by atoms with van der Waals surface area (Å²) in [5, 5.41) is 4.46. The maximum Gasteiger partial charge on any atom is 0.350 e. The topological polar surface area (TPSA) is 69.4 Å². The molecule has 0 unspecified atom stereocenters. The molecule has 0 bridgehead atoms. The van der Waals surface area contributed by atoms with Crippen molar-refractivity contribution >= 4 is 5.91 Å². The summed E-state index contributed by atoms with van der Waals surface area (Å²) in [6.07, 6.45) is 2.89. The molecule has 3 rings (SSSR count). The zero-order valence-electron chi connectivity index (χ0n) is 16.3. The molecule has 1 saturated heterocycles. The smallest absolute Gasteiger partial charge is 0.350 e. The molecule has 0 radical (unpaired) electrons. The molecule has 0 saturated carbocycles. The first-order valence-electron chi connectivity index (χ1n) is 9.57. The highest BCUT2D eigenvalue weighted by atomic mass is 16.5. The average Bonchev–Trinajstić information content (AvgIpc) is 2.97. The van der Waals surface area contributed by atoms with E-state index in [1.807, 2.05) is 42.2 Å². The zero-order valence-corrected chi connectivity index (χ0v) is 16.3. The van der Waals surface area contributed by atoms with Crippen molar-refractivity contribution in [3.8, 4) is 5.69 Å². The van der Waals surface area contributed by atoms with Crippen molar-refractivity contribution in [2.45, 2.75) is 38.7 Å². The highest BCUT2D eigenvalue weighted by Crippen LogP contribution is 2.22. The van der Waals surface area contributed by atoms with Gasteiger partial charge in [0.1, 0.15) is 11.9 Å². The number of para-hydroxylation sites is 1. The Morgan fingerprint density at radius 2 is 1.93 bits per heavy atom. The lowest BCUT2D eigenvalue weighted by Crippen LogP contribution is -2.44. The molecule has 1 amide bonds. The Hall–Kier alpha value is -2.41. The summed E-state index contributed by atoms with van der Waals surface area (Å²) in [6.45, 7) is 3.42. The summed E-state index contributed by atoms with van der Waals surface area (Å²) in [6, 6.07) is 9.61. The summed E-state index contributed by atoms with van der Waals surface area (Å²) in [5.74, 6) is 1.26. The molecule has 1 fully saturated rings. The van der Waals surface area contributed by atoms with Gasteiger partial charge in [-0.25, -0.2) is 14.0 Å². The molecule has 1 aromatic heterocycles. The SMILES string of the molecule is CC[C@@H](OC)C(=O)N1CCC(Cc2nn(C)c(=O)n2-c2ccccc2)CC1. The molecule has 2 aromatic rings. The number of carbonyl (C=O) groups excluding carboxylic acids is 1. The van der Waals surface area contributed by atoms with Crippen LogP contribution < -0.4 is 5.69 Å². The van der Waals surface area contributed by atoms with Crippen LogP contribution in [0.25, 0.3) is 5.69 Å². The molecular formula is C20H28N4O3. The van der Waals surface area contributed by atoms with Crippen molar-refractivity contribution in [3.63, 3.8) is 0 Å². The van der Waals surface area contributed by atoms with E-state index in [9.17, 15) is 9.59 Å². The molecule has 27 heavy (non-hydrogen) atoms. The minimum atomic E-state index is -0.347. The Morgan fingerprint density at radius 1 is 1.26 bits per heavy atom. The second-order valence-corrected chi connectivity index (χ2v) is 7.10. The van der Waals surface area contributed by atoms with Crippen molar-refractivity contribution in [1.82, 2.24) is 19.2 Å². The molecule has 1 atom stereocenters. The number of carbonyl (C=O) groups is 1. The van der Waals surface area contributed by atoms with Crippen LogP contribution in [-0.2, 0) is 23.0 Å². The van der Waals surface area contributed by atoms with E-state index >= 15 is 0 Å². The van der Waals surface area contributed by atoms with Crippen LogP contribution in [0.3, 0.4) is 0 Å². The number of aryl methyl sites for hydroxylation is 1. The Bertz CT molecular complexity index is 815. The van der Waals surface area contributed by atoms with E-state index in [1.165, 1.54) is 4.68 Å². The molecule has 0 spiro atoms.